The summed E-state index contributed by atoms with van der Waals surface area (Å²) in [5.74, 6) is 2.22. The van der Waals surface area contributed by atoms with Crippen LogP contribution in [0.25, 0.3) is 0 Å². The zero-order valence-electron chi connectivity index (χ0n) is 12.7. The fourth-order valence-electron chi connectivity index (χ4n) is 2.61. The number of nitrogens with two attached hydrogens (primary N) is 1. The van der Waals surface area contributed by atoms with E-state index < -0.39 is 5.41 Å². The van der Waals surface area contributed by atoms with E-state index in [2.05, 4.69) is 28.5 Å². The summed E-state index contributed by atoms with van der Waals surface area (Å²) in [6.07, 6.45) is 4.42. The molecule has 0 unspecified atom stereocenters. The Kier molecular flexibility index (Phi) is 4.20. The highest BCUT2D eigenvalue weighted by atomic mass is 32.2. The van der Waals surface area contributed by atoms with Crippen molar-refractivity contribution in [2.45, 2.75) is 31.2 Å². The number of hydrogen-bond acceptors (Lipinski definition) is 4. The zero-order chi connectivity index (χ0) is 15.6. The molecule has 3 rings (SSSR count). The molecule has 1 aromatic heterocycles. The maximum absolute atomic E-state index is 11.8. The summed E-state index contributed by atoms with van der Waals surface area (Å²) in [5, 5.41) is 4.62. The van der Waals surface area contributed by atoms with Crippen LogP contribution in [-0.4, -0.2) is 32.7 Å². The second-order valence-corrected chi connectivity index (χ2v) is 6.67. The lowest BCUT2D eigenvalue weighted by molar-refractivity contribution is -0.120. The number of rotatable bonds is 7. The van der Waals surface area contributed by atoms with Crippen LogP contribution in [0.2, 0.25) is 0 Å². The summed E-state index contributed by atoms with van der Waals surface area (Å²) in [5.41, 5.74) is 6.16. The molecule has 1 saturated carbocycles. The van der Waals surface area contributed by atoms with Crippen LogP contribution in [0.1, 0.15) is 30.1 Å². The topological polar surface area (TPSA) is 73.8 Å². The van der Waals surface area contributed by atoms with Crippen LogP contribution in [0, 0.1) is 0 Å². The lowest BCUT2D eigenvalue weighted by atomic mass is 10.1. The van der Waals surface area contributed by atoms with Crippen molar-refractivity contribution in [2.75, 3.05) is 12.0 Å². The number of thioether (sulfide) groups is 1. The standard InChI is InChI=1S/C16H20N4OS/c1-22-10-7-13-18-15(16(8-9-16)14(17)21)20(19-13)11-12-5-3-2-4-6-12/h2-6H,7-11H2,1H3,(H2,17,21). The number of hydrogen-bond donors (Lipinski definition) is 1. The normalized spacial score (nSPS) is 15.7. The smallest absolute Gasteiger partial charge is 0.231 e. The third-order valence-corrected chi connectivity index (χ3v) is 4.68. The molecule has 1 aliphatic carbocycles. The lowest BCUT2D eigenvalue weighted by Crippen LogP contribution is -2.31. The van der Waals surface area contributed by atoms with Crippen LogP contribution < -0.4 is 5.73 Å². The summed E-state index contributed by atoms with van der Waals surface area (Å²) in [6.45, 7) is 0.622. The summed E-state index contributed by atoms with van der Waals surface area (Å²) >= 11 is 1.76. The number of aryl methyl sites for hydroxylation is 1. The Morgan fingerprint density at radius 3 is 2.68 bits per heavy atom. The monoisotopic (exact) mass is 316 g/mol. The number of aromatic nitrogens is 3. The Morgan fingerprint density at radius 2 is 2.09 bits per heavy atom. The van der Waals surface area contributed by atoms with Crippen LogP contribution in [0.3, 0.4) is 0 Å². The average molecular weight is 316 g/mol. The molecule has 22 heavy (non-hydrogen) atoms. The molecule has 0 saturated heterocycles. The summed E-state index contributed by atoms with van der Waals surface area (Å²) in [7, 11) is 0. The van der Waals surface area contributed by atoms with Crippen molar-refractivity contribution in [3.63, 3.8) is 0 Å². The average Bonchev–Trinajstić information content (AvgIpc) is 3.24. The van der Waals surface area contributed by atoms with Crippen LogP contribution in [0.5, 0.6) is 0 Å². The summed E-state index contributed by atoms with van der Waals surface area (Å²) in [4.78, 5) is 16.5. The van der Waals surface area contributed by atoms with Gasteiger partial charge in [-0.25, -0.2) is 9.67 Å². The van der Waals surface area contributed by atoms with Gasteiger partial charge in [0.1, 0.15) is 11.2 Å². The van der Waals surface area contributed by atoms with Gasteiger partial charge in [0.05, 0.1) is 6.54 Å². The summed E-state index contributed by atoms with van der Waals surface area (Å²) in [6, 6.07) is 10.1. The molecule has 5 nitrogen and oxygen atoms in total. The number of carbonyl (C=O) groups excluding carboxylic acids is 1. The van der Waals surface area contributed by atoms with Gasteiger partial charge in [0, 0.05) is 12.2 Å². The first kappa shape index (κ1) is 15.1. The molecule has 0 bridgehead atoms. The molecule has 6 heteroatoms. The van der Waals surface area contributed by atoms with Crippen molar-refractivity contribution in [1.29, 1.82) is 0 Å². The molecule has 1 amide bonds. The molecule has 1 aromatic carbocycles. The van der Waals surface area contributed by atoms with Crippen molar-refractivity contribution >= 4 is 17.7 Å². The first-order valence-corrected chi connectivity index (χ1v) is 8.82. The molecular weight excluding hydrogens is 296 g/mol. The van der Waals surface area contributed by atoms with E-state index in [4.69, 9.17) is 5.73 Å². The second kappa shape index (κ2) is 6.12. The lowest BCUT2D eigenvalue weighted by Gasteiger charge is -2.12. The van der Waals surface area contributed by atoms with E-state index in [1.54, 1.807) is 11.8 Å². The van der Waals surface area contributed by atoms with E-state index >= 15 is 0 Å². The molecule has 1 aliphatic rings. The van der Waals surface area contributed by atoms with Gasteiger partial charge in [-0.05, 0) is 24.7 Å². The van der Waals surface area contributed by atoms with Crippen molar-refractivity contribution in [3.8, 4) is 0 Å². The maximum Gasteiger partial charge on any atom is 0.231 e. The quantitative estimate of drug-likeness (QED) is 0.844. The van der Waals surface area contributed by atoms with Gasteiger partial charge < -0.3 is 5.73 Å². The van der Waals surface area contributed by atoms with Gasteiger partial charge in [-0.15, -0.1) is 0 Å². The Hall–Kier alpha value is -1.82. The number of benzene rings is 1. The Morgan fingerprint density at radius 1 is 1.36 bits per heavy atom. The molecule has 1 fully saturated rings. The van der Waals surface area contributed by atoms with Crippen molar-refractivity contribution in [2.24, 2.45) is 5.73 Å². The minimum Gasteiger partial charge on any atom is -0.369 e. The molecule has 116 valence electrons. The maximum atomic E-state index is 11.8. The minimum atomic E-state index is -0.598. The number of carbonyl (C=O) groups is 1. The van der Waals surface area contributed by atoms with Crippen molar-refractivity contribution in [1.82, 2.24) is 14.8 Å². The van der Waals surface area contributed by atoms with E-state index in [1.807, 2.05) is 22.9 Å². The summed E-state index contributed by atoms with van der Waals surface area (Å²) < 4.78 is 1.86. The molecule has 2 N–H and O–H groups in total. The molecule has 1 heterocycles. The molecular formula is C16H20N4OS. The Balaban J connectivity index is 1.93. The molecule has 0 aliphatic heterocycles. The third-order valence-electron chi connectivity index (χ3n) is 4.07. The Labute approximate surface area is 134 Å². The van der Waals surface area contributed by atoms with Gasteiger partial charge >= 0.3 is 0 Å². The van der Waals surface area contributed by atoms with Gasteiger partial charge in [0.2, 0.25) is 5.91 Å². The minimum absolute atomic E-state index is 0.286. The van der Waals surface area contributed by atoms with E-state index in [-0.39, 0.29) is 5.91 Å². The zero-order valence-corrected chi connectivity index (χ0v) is 13.5. The fraction of sp³-hybridized carbons (Fsp3) is 0.438. The van der Waals surface area contributed by atoms with Crippen LogP contribution in [-0.2, 0) is 23.2 Å². The molecule has 0 atom stereocenters. The highest BCUT2D eigenvalue weighted by Gasteiger charge is 2.54. The van der Waals surface area contributed by atoms with Gasteiger partial charge in [-0.3, -0.25) is 4.79 Å². The number of nitrogens with zero attached hydrogens (tertiary/aromatic N) is 3. The third kappa shape index (κ3) is 2.88. The SMILES string of the molecule is CSCCc1nc(C2(C(N)=O)CC2)n(Cc2ccccc2)n1. The van der Waals surface area contributed by atoms with E-state index in [0.717, 1.165) is 42.2 Å². The predicted molar refractivity (Wildman–Crippen MR) is 87.8 cm³/mol. The van der Waals surface area contributed by atoms with Crippen molar-refractivity contribution < 1.29 is 4.79 Å². The highest BCUT2D eigenvalue weighted by Crippen LogP contribution is 2.47. The second-order valence-electron chi connectivity index (χ2n) is 5.68. The molecule has 2 aromatic rings. The van der Waals surface area contributed by atoms with Crippen molar-refractivity contribution in [3.05, 3.63) is 47.5 Å². The van der Waals surface area contributed by atoms with Crippen LogP contribution in [0.4, 0.5) is 0 Å². The van der Waals surface area contributed by atoms with Gasteiger partial charge in [-0.2, -0.15) is 16.9 Å². The van der Waals surface area contributed by atoms with Gasteiger partial charge in [-0.1, -0.05) is 30.3 Å². The van der Waals surface area contributed by atoms with Gasteiger partial charge in [0.25, 0.3) is 0 Å². The molecule has 0 spiro atoms. The van der Waals surface area contributed by atoms with E-state index in [9.17, 15) is 4.79 Å². The first-order chi connectivity index (χ1) is 10.7. The van der Waals surface area contributed by atoms with E-state index in [1.165, 1.54) is 0 Å². The fourth-order valence-corrected chi connectivity index (χ4v) is 3.00. The predicted octanol–water partition coefficient (Wildman–Crippen LogP) is 1.75. The van der Waals surface area contributed by atoms with Crippen LogP contribution >= 0.6 is 11.8 Å². The highest BCUT2D eigenvalue weighted by molar-refractivity contribution is 7.98. The van der Waals surface area contributed by atoms with Crippen LogP contribution in [0.15, 0.2) is 30.3 Å². The number of amides is 1. The number of primary amides is 1. The van der Waals surface area contributed by atoms with E-state index in [0.29, 0.717) is 6.54 Å². The molecule has 0 radical (unpaired) electrons. The van der Waals surface area contributed by atoms with Gasteiger partial charge in [0.15, 0.2) is 5.82 Å². The largest absolute Gasteiger partial charge is 0.369 e. The Bertz CT molecular complexity index is 664. The first-order valence-electron chi connectivity index (χ1n) is 7.43.